The van der Waals surface area contributed by atoms with Crippen LogP contribution in [0.3, 0.4) is 0 Å². The fourth-order valence-electron chi connectivity index (χ4n) is 8.47. The summed E-state index contributed by atoms with van der Waals surface area (Å²) in [5.41, 5.74) is 17.7. The summed E-state index contributed by atoms with van der Waals surface area (Å²) in [6.07, 6.45) is 4.84. The van der Waals surface area contributed by atoms with Crippen molar-refractivity contribution in [1.82, 2.24) is 4.48 Å². The minimum atomic E-state index is 0.105. The van der Waals surface area contributed by atoms with Gasteiger partial charge in [0.2, 0.25) is 0 Å². The largest absolute Gasteiger partial charge is 0.375 e. The van der Waals surface area contributed by atoms with Gasteiger partial charge in [-0.3, -0.25) is 0 Å². The van der Waals surface area contributed by atoms with Crippen LogP contribution in [0.4, 0.5) is 17.1 Å². The highest BCUT2D eigenvalue weighted by Crippen LogP contribution is 2.48. The summed E-state index contributed by atoms with van der Waals surface area (Å²) < 4.78 is 2.63. The van der Waals surface area contributed by atoms with Crippen LogP contribution in [-0.2, 0) is 12.8 Å². The number of fused-ring (bicyclic) bond motifs is 8. The Morgan fingerprint density at radius 3 is 2.23 bits per heavy atom. The number of para-hydroxylation sites is 3. The Hall–Kier alpha value is -5.02. The second-order valence-electron chi connectivity index (χ2n) is 12.3. The van der Waals surface area contributed by atoms with E-state index in [2.05, 4.69) is 137 Å². The summed E-state index contributed by atoms with van der Waals surface area (Å²) in [6.45, 7) is 0.105. The van der Waals surface area contributed by atoms with E-state index in [0.717, 1.165) is 6.42 Å². The summed E-state index contributed by atoms with van der Waals surface area (Å²) in [5.74, 6) is 0. The maximum atomic E-state index is 2.63. The van der Waals surface area contributed by atoms with Crippen LogP contribution in [-0.4, -0.2) is 11.3 Å². The van der Waals surface area contributed by atoms with Crippen molar-refractivity contribution in [1.29, 1.82) is 0 Å². The molecule has 10 rings (SSSR count). The smallest absolute Gasteiger partial charge is 0.333 e. The van der Waals surface area contributed by atoms with Crippen LogP contribution in [0.5, 0.6) is 0 Å². The van der Waals surface area contributed by atoms with Crippen molar-refractivity contribution in [3.63, 3.8) is 0 Å². The molecule has 0 spiro atoms. The Bertz CT molecular complexity index is 2260. The fourth-order valence-corrected chi connectivity index (χ4v) is 8.47. The molecular formula is C40H29BN2. The minimum absolute atomic E-state index is 0.105. The van der Waals surface area contributed by atoms with E-state index in [1.54, 1.807) is 0 Å². The molecule has 0 N–H and O–H groups in total. The Morgan fingerprint density at radius 1 is 0.535 bits per heavy atom. The van der Waals surface area contributed by atoms with E-state index in [1.165, 1.54) is 102 Å². The first-order valence-corrected chi connectivity index (χ1v) is 15.6. The molecule has 3 aliphatic rings. The maximum Gasteiger partial charge on any atom is 0.333 e. The van der Waals surface area contributed by atoms with Crippen LogP contribution < -0.4 is 15.8 Å². The van der Waals surface area contributed by atoms with Crippen molar-refractivity contribution < 1.29 is 0 Å². The summed E-state index contributed by atoms with van der Waals surface area (Å²) in [5, 5.41) is 2.67. The van der Waals surface area contributed by atoms with Crippen LogP contribution in [0.2, 0.25) is 0 Å². The molecule has 0 bridgehead atoms. The van der Waals surface area contributed by atoms with Gasteiger partial charge in [-0.05, 0) is 83.1 Å². The van der Waals surface area contributed by atoms with Gasteiger partial charge >= 0.3 is 6.85 Å². The van der Waals surface area contributed by atoms with Gasteiger partial charge in [-0.2, -0.15) is 0 Å². The Balaban J connectivity index is 1.33. The SMILES string of the molecule is c1ccc(-c2c(N3c4ccccc4B4c5c(cccc53)-c3cccc5c6ccccc6n4c35)ccc3c2CCCC3)cc1. The van der Waals surface area contributed by atoms with Crippen molar-refractivity contribution in [2.75, 3.05) is 4.90 Å². The van der Waals surface area contributed by atoms with Crippen LogP contribution in [0, 0.1) is 0 Å². The zero-order chi connectivity index (χ0) is 28.1. The number of aryl methyl sites for hydroxylation is 1. The van der Waals surface area contributed by atoms with E-state index in [-0.39, 0.29) is 6.85 Å². The molecule has 0 amide bonds. The monoisotopic (exact) mass is 548 g/mol. The molecule has 0 atom stereocenters. The topological polar surface area (TPSA) is 8.17 Å². The maximum absolute atomic E-state index is 2.63. The first kappa shape index (κ1) is 23.5. The lowest BCUT2D eigenvalue weighted by Gasteiger charge is -2.41. The quantitative estimate of drug-likeness (QED) is 0.196. The predicted molar refractivity (Wildman–Crippen MR) is 182 cm³/mol. The van der Waals surface area contributed by atoms with Crippen LogP contribution >= 0.6 is 0 Å². The molecule has 0 unspecified atom stereocenters. The lowest BCUT2D eigenvalue weighted by molar-refractivity contribution is 0.687. The summed E-state index contributed by atoms with van der Waals surface area (Å²) in [4.78, 5) is 2.58. The first-order valence-electron chi connectivity index (χ1n) is 15.6. The van der Waals surface area contributed by atoms with Crippen molar-refractivity contribution in [3.05, 3.63) is 139 Å². The second-order valence-corrected chi connectivity index (χ2v) is 12.3. The van der Waals surface area contributed by atoms with Gasteiger partial charge in [0.25, 0.3) is 0 Å². The van der Waals surface area contributed by atoms with E-state index < -0.39 is 0 Å². The van der Waals surface area contributed by atoms with E-state index in [9.17, 15) is 0 Å². The van der Waals surface area contributed by atoms with Gasteiger partial charge in [0.15, 0.2) is 0 Å². The van der Waals surface area contributed by atoms with Crippen molar-refractivity contribution in [2.24, 2.45) is 0 Å². The minimum Gasteiger partial charge on any atom is -0.375 e. The van der Waals surface area contributed by atoms with Crippen molar-refractivity contribution in [2.45, 2.75) is 25.7 Å². The molecule has 6 aromatic carbocycles. The molecule has 0 saturated carbocycles. The van der Waals surface area contributed by atoms with Gasteiger partial charge < -0.3 is 9.38 Å². The first-order chi connectivity index (χ1) is 21.4. The average molecular weight is 548 g/mol. The fraction of sp³-hybridized carbons (Fsp3) is 0.100. The molecule has 1 aromatic heterocycles. The van der Waals surface area contributed by atoms with E-state index in [1.807, 2.05) is 0 Å². The molecule has 0 radical (unpaired) electrons. The zero-order valence-corrected chi connectivity index (χ0v) is 23.9. The van der Waals surface area contributed by atoms with Crippen LogP contribution in [0.15, 0.2) is 127 Å². The molecule has 7 aromatic rings. The molecular weight excluding hydrogens is 519 g/mol. The van der Waals surface area contributed by atoms with Gasteiger partial charge in [0.1, 0.15) is 0 Å². The highest BCUT2D eigenvalue weighted by molar-refractivity contribution is 6.90. The highest BCUT2D eigenvalue weighted by atomic mass is 15.2. The molecule has 3 heteroatoms. The highest BCUT2D eigenvalue weighted by Gasteiger charge is 2.42. The number of nitrogens with zero attached hydrogens (tertiary/aromatic N) is 2. The number of aromatic nitrogens is 1. The van der Waals surface area contributed by atoms with E-state index in [0.29, 0.717) is 0 Å². The van der Waals surface area contributed by atoms with Gasteiger partial charge in [-0.25, -0.2) is 0 Å². The standard InChI is InChI=1S/C40H29BN2/c1-2-13-27(14-3-1)38-28-15-5-4-12-26(28)24-25-36(38)42-35-22-9-7-20-33(35)41-39-30(17-11-23-37(39)42)32-19-10-18-31-29-16-6-8-21-34(29)43(41)40(31)32/h1-3,6-11,13-14,16-25H,4-5,12,15H2. The number of anilines is 3. The Morgan fingerprint density at radius 2 is 1.28 bits per heavy atom. The molecule has 1 aliphatic carbocycles. The van der Waals surface area contributed by atoms with Crippen LogP contribution in [0.25, 0.3) is 44.1 Å². The number of rotatable bonds is 2. The normalized spacial score (nSPS) is 14.5. The lowest BCUT2D eigenvalue weighted by Crippen LogP contribution is -2.56. The van der Waals surface area contributed by atoms with Gasteiger partial charge in [-0.15, -0.1) is 0 Å². The molecule has 0 saturated heterocycles. The van der Waals surface area contributed by atoms with Crippen molar-refractivity contribution >= 4 is 56.6 Å². The average Bonchev–Trinajstić information content (AvgIpc) is 3.41. The summed E-state index contributed by atoms with van der Waals surface area (Å²) in [7, 11) is 0. The van der Waals surface area contributed by atoms with E-state index >= 15 is 0 Å². The third-order valence-electron chi connectivity index (χ3n) is 10.2. The Labute approximate surface area is 251 Å². The Kier molecular flexibility index (Phi) is 4.79. The van der Waals surface area contributed by atoms with Crippen molar-refractivity contribution in [3.8, 4) is 22.3 Å². The lowest BCUT2D eigenvalue weighted by atomic mass is 9.45. The number of hydrogen-bond donors (Lipinski definition) is 0. The molecule has 2 nitrogen and oxygen atoms in total. The summed E-state index contributed by atoms with van der Waals surface area (Å²) >= 11 is 0. The molecule has 2 aliphatic heterocycles. The third kappa shape index (κ3) is 3.09. The van der Waals surface area contributed by atoms with Crippen LogP contribution in [0.1, 0.15) is 24.0 Å². The number of hydrogen-bond acceptors (Lipinski definition) is 1. The zero-order valence-electron chi connectivity index (χ0n) is 23.9. The summed E-state index contributed by atoms with van der Waals surface area (Å²) in [6, 6.07) is 47.8. The van der Waals surface area contributed by atoms with Gasteiger partial charge in [-0.1, -0.05) is 103 Å². The van der Waals surface area contributed by atoms with Gasteiger partial charge in [0, 0.05) is 44.3 Å². The number of benzene rings is 6. The molecule has 43 heavy (non-hydrogen) atoms. The second kappa shape index (κ2) is 8.75. The molecule has 202 valence electrons. The molecule has 0 fully saturated rings. The molecule has 3 heterocycles. The third-order valence-corrected chi connectivity index (χ3v) is 10.2. The van der Waals surface area contributed by atoms with Gasteiger partial charge in [0.05, 0.1) is 5.69 Å². The van der Waals surface area contributed by atoms with E-state index in [4.69, 9.17) is 0 Å². The predicted octanol–water partition coefficient (Wildman–Crippen LogP) is 8.76.